The number of hydrogen-bond acceptors (Lipinski definition) is 3. The quantitative estimate of drug-likeness (QED) is 0.904. The molecule has 1 aliphatic heterocycles. The molecular formula is C17H20O2S. The predicted molar refractivity (Wildman–Crippen MR) is 82.6 cm³/mol. The molecule has 1 atom stereocenters. The average Bonchev–Trinajstić information content (AvgIpc) is 3.12. The summed E-state index contributed by atoms with van der Waals surface area (Å²) < 4.78 is 5.52. The van der Waals surface area contributed by atoms with E-state index in [0.717, 1.165) is 42.9 Å². The number of benzene rings is 1. The summed E-state index contributed by atoms with van der Waals surface area (Å²) in [5.41, 5.74) is 2.60. The van der Waals surface area contributed by atoms with Crippen molar-refractivity contribution in [3.8, 4) is 5.75 Å². The highest BCUT2D eigenvalue weighted by molar-refractivity contribution is 7.12. The molecule has 20 heavy (non-hydrogen) atoms. The first-order valence-corrected chi connectivity index (χ1v) is 8.09. The summed E-state index contributed by atoms with van der Waals surface area (Å²) in [5, 5.41) is 10.3. The highest BCUT2D eigenvalue weighted by Crippen LogP contribution is 2.29. The van der Waals surface area contributed by atoms with Crippen LogP contribution in [-0.2, 0) is 19.3 Å². The second-order valence-corrected chi connectivity index (χ2v) is 6.45. The smallest absolute Gasteiger partial charge is 0.122 e. The normalized spacial score (nSPS) is 14.9. The van der Waals surface area contributed by atoms with Crippen LogP contribution in [0.3, 0.4) is 0 Å². The molecule has 0 spiro atoms. The van der Waals surface area contributed by atoms with E-state index >= 15 is 0 Å². The summed E-state index contributed by atoms with van der Waals surface area (Å²) in [6.07, 6.45) is 3.40. The van der Waals surface area contributed by atoms with Gasteiger partial charge in [0.05, 0.1) is 12.7 Å². The maximum atomic E-state index is 10.3. The lowest BCUT2D eigenvalue weighted by Crippen LogP contribution is -1.97. The summed E-state index contributed by atoms with van der Waals surface area (Å²) in [7, 11) is 0. The Morgan fingerprint density at radius 2 is 2.20 bits per heavy atom. The molecule has 0 bridgehead atoms. The maximum Gasteiger partial charge on any atom is 0.122 e. The van der Waals surface area contributed by atoms with Crippen molar-refractivity contribution in [2.24, 2.45) is 0 Å². The van der Waals surface area contributed by atoms with Crippen LogP contribution < -0.4 is 4.74 Å². The van der Waals surface area contributed by atoms with E-state index in [-0.39, 0.29) is 6.10 Å². The third-order valence-electron chi connectivity index (χ3n) is 3.82. The number of fused-ring (bicyclic) bond motifs is 1. The summed E-state index contributed by atoms with van der Waals surface area (Å²) in [6.45, 7) is 2.95. The molecule has 1 unspecified atom stereocenters. The van der Waals surface area contributed by atoms with Crippen LogP contribution in [0.1, 0.15) is 40.3 Å². The largest absolute Gasteiger partial charge is 0.493 e. The number of rotatable bonds is 5. The van der Waals surface area contributed by atoms with Gasteiger partial charge in [0.2, 0.25) is 0 Å². The number of hydrogen-bond donors (Lipinski definition) is 1. The fourth-order valence-corrected chi connectivity index (χ4v) is 3.58. The van der Waals surface area contributed by atoms with Gasteiger partial charge in [0, 0.05) is 16.2 Å². The molecule has 2 nitrogen and oxygen atoms in total. The Kier molecular flexibility index (Phi) is 4.08. The van der Waals surface area contributed by atoms with Crippen LogP contribution in [0, 0.1) is 0 Å². The number of aliphatic hydroxyl groups is 1. The van der Waals surface area contributed by atoms with Crippen LogP contribution in [0.25, 0.3) is 0 Å². The minimum absolute atomic E-state index is 0.343. The first kappa shape index (κ1) is 13.7. The Morgan fingerprint density at radius 3 is 3.00 bits per heavy atom. The molecule has 0 radical (unpaired) electrons. The lowest BCUT2D eigenvalue weighted by Gasteiger charge is -2.09. The van der Waals surface area contributed by atoms with Crippen molar-refractivity contribution < 1.29 is 9.84 Å². The maximum absolute atomic E-state index is 10.3. The molecule has 2 aromatic rings. The van der Waals surface area contributed by atoms with Crippen LogP contribution in [-0.4, -0.2) is 11.7 Å². The van der Waals surface area contributed by atoms with Crippen molar-refractivity contribution in [3.63, 3.8) is 0 Å². The number of aliphatic hydroxyl groups excluding tert-OH is 1. The van der Waals surface area contributed by atoms with Gasteiger partial charge in [0.25, 0.3) is 0 Å². The van der Waals surface area contributed by atoms with E-state index in [2.05, 4.69) is 37.3 Å². The minimum Gasteiger partial charge on any atom is -0.493 e. The zero-order valence-corrected chi connectivity index (χ0v) is 12.6. The van der Waals surface area contributed by atoms with E-state index < -0.39 is 0 Å². The molecule has 3 heteroatoms. The highest BCUT2D eigenvalue weighted by atomic mass is 32.1. The molecule has 1 N–H and O–H groups in total. The number of ether oxygens (including phenoxy) is 1. The zero-order valence-electron chi connectivity index (χ0n) is 11.8. The van der Waals surface area contributed by atoms with Crippen LogP contribution in [0.2, 0.25) is 0 Å². The van der Waals surface area contributed by atoms with Crippen molar-refractivity contribution in [2.75, 3.05) is 6.61 Å². The monoisotopic (exact) mass is 288 g/mol. The van der Waals surface area contributed by atoms with Gasteiger partial charge in [-0.05, 0) is 48.6 Å². The van der Waals surface area contributed by atoms with Gasteiger partial charge in [-0.15, -0.1) is 11.3 Å². The van der Waals surface area contributed by atoms with Crippen molar-refractivity contribution in [2.45, 2.75) is 38.7 Å². The van der Waals surface area contributed by atoms with Crippen LogP contribution >= 0.6 is 11.3 Å². The SMILES string of the molecule is CCc1ccc(C(O)CCc2ccc3c(c2)CCO3)s1. The van der Waals surface area contributed by atoms with Crippen molar-refractivity contribution in [1.82, 2.24) is 0 Å². The van der Waals surface area contributed by atoms with E-state index in [4.69, 9.17) is 4.74 Å². The van der Waals surface area contributed by atoms with Gasteiger partial charge in [-0.3, -0.25) is 0 Å². The second-order valence-electron chi connectivity index (χ2n) is 5.25. The molecule has 2 heterocycles. The Morgan fingerprint density at radius 1 is 1.30 bits per heavy atom. The summed E-state index contributed by atoms with van der Waals surface area (Å²) in [6, 6.07) is 10.6. The molecule has 0 saturated heterocycles. The van der Waals surface area contributed by atoms with Gasteiger partial charge < -0.3 is 9.84 Å². The number of thiophene rings is 1. The van der Waals surface area contributed by atoms with E-state index in [9.17, 15) is 5.11 Å². The van der Waals surface area contributed by atoms with Crippen LogP contribution in [0.15, 0.2) is 30.3 Å². The van der Waals surface area contributed by atoms with Crippen molar-refractivity contribution in [1.29, 1.82) is 0 Å². The Hall–Kier alpha value is -1.32. The molecule has 0 saturated carbocycles. The molecule has 0 amide bonds. The molecule has 1 aromatic carbocycles. The highest BCUT2D eigenvalue weighted by Gasteiger charge is 2.14. The molecule has 1 aromatic heterocycles. The summed E-state index contributed by atoms with van der Waals surface area (Å²) >= 11 is 1.73. The molecule has 1 aliphatic rings. The van der Waals surface area contributed by atoms with E-state index in [1.165, 1.54) is 16.0 Å². The average molecular weight is 288 g/mol. The summed E-state index contributed by atoms with van der Waals surface area (Å²) in [5.74, 6) is 1.03. The fourth-order valence-electron chi connectivity index (χ4n) is 2.60. The van der Waals surface area contributed by atoms with Crippen molar-refractivity contribution in [3.05, 3.63) is 51.2 Å². The first-order valence-electron chi connectivity index (χ1n) is 7.27. The lowest BCUT2D eigenvalue weighted by atomic mass is 10.0. The second kappa shape index (κ2) is 5.98. The molecule has 0 aliphatic carbocycles. The van der Waals surface area contributed by atoms with Crippen LogP contribution in [0.5, 0.6) is 5.75 Å². The topological polar surface area (TPSA) is 29.5 Å². The summed E-state index contributed by atoms with van der Waals surface area (Å²) in [4.78, 5) is 2.43. The Balaban J connectivity index is 1.61. The van der Waals surface area contributed by atoms with Gasteiger partial charge in [-0.1, -0.05) is 19.1 Å². The van der Waals surface area contributed by atoms with E-state index in [1.807, 2.05) is 0 Å². The van der Waals surface area contributed by atoms with Gasteiger partial charge in [0.15, 0.2) is 0 Å². The molecule has 0 fully saturated rings. The Labute approximate surface area is 124 Å². The predicted octanol–water partition coefficient (Wildman–Crippen LogP) is 3.91. The van der Waals surface area contributed by atoms with Gasteiger partial charge in [-0.25, -0.2) is 0 Å². The third kappa shape index (κ3) is 2.89. The van der Waals surface area contributed by atoms with E-state index in [1.54, 1.807) is 11.3 Å². The Bertz CT molecular complexity index is 588. The van der Waals surface area contributed by atoms with E-state index in [0.29, 0.717) is 0 Å². The minimum atomic E-state index is -0.343. The standard InChI is InChI=1S/C17H20O2S/c1-2-14-5-8-17(20-14)15(18)6-3-12-4-7-16-13(11-12)9-10-19-16/h4-5,7-8,11,15,18H,2-3,6,9-10H2,1H3. The van der Waals surface area contributed by atoms with Gasteiger partial charge >= 0.3 is 0 Å². The van der Waals surface area contributed by atoms with Gasteiger partial charge in [-0.2, -0.15) is 0 Å². The van der Waals surface area contributed by atoms with Gasteiger partial charge in [0.1, 0.15) is 5.75 Å². The molecule has 3 rings (SSSR count). The molecule has 106 valence electrons. The van der Waals surface area contributed by atoms with Crippen molar-refractivity contribution >= 4 is 11.3 Å². The fraction of sp³-hybridized carbons (Fsp3) is 0.412. The molecular weight excluding hydrogens is 268 g/mol. The lowest BCUT2D eigenvalue weighted by molar-refractivity contribution is 0.171. The number of aryl methyl sites for hydroxylation is 2. The first-order chi connectivity index (χ1) is 9.76. The third-order valence-corrected chi connectivity index (χ3v) is 5.15. The van der Waals surface area contributed by atoms with Crippen LogP contribution in [0.4, 0.5) is 0 Å². The zero-order chi connectivity index (χ0) is 13.9.